The van der Waals surface area contributed by atoms with Gasteiger partial charge in [-0.3, -0.25) is 4.79 Å². The molecular weight excluding hydrogens is 254 g/mol. The summed E-state index contributed by atoms with van der Waals surface area (Å²) in [6.07, 6.45) is 4.75. The smallest absolute Gasteiger partial charge is 0.261 e. The predicted molar refractivity (Wildman–Crippen MR) is 73.2 cm³/mol. The summed E-state index contributed by atoms with van der Waals surface area (Å²) in [5.41, 5.74) is 1.03. The molecule has 0 unspecified atom stereocenters. The summed E-state index contributed by atoms with van der Waals surface area (Å²) >= 11 is 7.45. The van der Waals surface area contributed by atoms with E-state index in [0.717, 1.165) is 17.7 Å². The highest BCUT2D eigenvalue weighted by molar-refractivity contribution is 7.14. The van der Waals surface area contributed by atoms with Crippen molar-refractivity contribution >= 4 is 28.8 Å². The Kier molecular flexibility index (Phi) is 3.79. The van der Waals surface area contributed by atoms with Crippen LogP contribution >= 0.6 is 22.9 Å². The Morgan fingerprint density at radius 3 is 2.82 bits per heavy atom. The number of alkyl halides is 1. The molecule has 1 aromatic heterocycles. The lowest BCUT2D eigenvalue weighted by molar-refractivity contribution is 0.0924. The Morgan fingerprint density at radius 1 is 1.47 bits per heavy atom. The van der Waals surface area contributed by atoms with Gasteiger partial charge in [0.1, 0.15) is 0 Å². The number of halogens is 1. The molecule has 94 valence electrons. The van der Waals surface area contributed by atoms with Gasteiger partial charge in [0.05, 0.1) is 4.88 Å². The summed E-state index contributed by atoms with van der Waals surface area (Å²) in [5.74, 6) is 0.430. The second kappa shape index (κ2) is 4.99. The van der Waals surface area contributed by atoms with E-state index < -0.39 is 0 Å². The fraction of sp³-hybridized carbons (Fsp3) is 0.615. The lowest BCUT2D eigenvalue weighted by Crippen LogP contribution is -2.44. The number of carbonyl (C=O) groups excluding carboxylic acids is 1. The van der Waals surface area contributed by atoms with Gasteiger partial charge in [-0.15, -0.1) is 22.9 Å². The van der Waals surface area contributed by atoms with Crippen LogP contribution < -0.4 is 5.32 Å². The Hall–Kier alpha value is -0.540. The number of hydrogen-bond donors (Lipinski definition) is 1. The molecule has 0 spiro atoms. The molecule has 0 fully saturated rings. The van der Waals surface area contributed by atoms with Gasteiger partial charge in [-0.25, -0.2) is 0 Å². The lowest BCUT2D eigenvalue weighted by Gasteiger charge is -2.22. The summed E-state index contributed by atoms with van der Waals surface area (Å²) in [4.78, 5) is 14.3. The second-order valence-electron chi connectivity index (χ2n) is 5.24. The zero-order chi connectivity index (χ0) is 12.5. The quantitative estimate of drug-likeness (QED) is 0.839. The molecule has 1 amide bonds. The summed E-state index contributed by atoms with van der Waals surface area (Å²) in [5, 5.41) is 2.97. The van der Waals surface area contributed by atoms with Gasteiger partial charge in [-0.05, 0) is 51.2 Å². The number of aryl methyl sites for hydroxylation is 2. The number of thiophene rings is 1. The van der Waals surface area contributed by atoms with Gasteiger partial charge in [0.15, 0.2) is 0 Å². The van der Waals surface area contributed by atoms with Gasteiger partial charge < -0.3 is 5.32 Å². The van der Waals surface area contributed by atoms with Crippen LogP contribution in [0.1, 0.15) is 46.8 Å². The van der Waals surface area contributed by atoms with E-state index in [9.17, 15) is 4.79 Å². The minimum Gasteiger partial charge on any atom is -0.345 e. The topological polar surface area (TPSA) is 29.1 Å². The summed E-state index contributed by atoms with van der Waals surface area (Å²) in [6, 6.07) is 2.05. The van der Waals surface area contributed by atoms with Crippen molar-refractivity contribution in [2.75, 3.05) is 5.88 Å². The first-order valence-corrected chi connectivity index (χ1v) is 7.37. The minimum absolute atomic E-state index is 0.00931. The lowest BCUT2D eigenvalue weighted by atomic mass is 9.99. The number of amides is 1. The van der Waals surface area contributed by atoms with E-state index >= 15 is 0 Å². The Bertz CT molecular complexity index is 402. The van der Waals surface area contributed by atoms with E-state index in [0.29, 0.717) is 5.88 Å². The molecule has 0 aromatic carbocycles. The number of carbonyl (C=O) groups is 1. The van der Waals surface area contributed by atoms with Gasteiger partial charge in [0.25, 0.3) is 5.91 Å². The maximum Gasteiger partial charge on any atom is 0.261 e. The van der Waals surface area contributed by atoms with Crippen LogP contribution in [0.4, 0.5) is 0 Å². The molecule has 0 saturated heterocycles. The van der Waals surface area contributed by atoms with Crippen molar-refractivity contribution in [3.05, 3.63) is 21.4 Å². The summed E-state index contributed by atoms with van der Waals surface area (Å²) in [7, 11) is 0. The van der Waals surface area contributed by atoms with Crippen molar-refractivity contribution in [1.29, 1.82) is 0 Å². The van der Waals surface area contributed by atoms with Gasteiger partial charge in [-0.2, -0.15) is 0 Å². The average molecular weight is 272 g/mol. The first kappa shape index (κ1) is 12.9. The van der Waals surface area contributed by atoms with Gasteiger partial charge in [0, 0.05) is 16.3 Å². The van der Waals surface area contributed by atoms with E-state index in [-0.39, 0.29) is 11.4 Å². The zero-order valence-electron chi connectivity index (χ0n) is 10.3. The monoisotopic (exact) mass is 271 g/mol. The molecule has 1 aliphatic carbocycles. The molecule has 2 nitrogen and oxygen atoms in total. The van der Waals surface area contributed by atoms with Gasteiger partial charge in [0.2, 0.25) is 0 Å². The Morgan fingerprint density at radius 2 is 2.18 bits per heavy atom. The number of fused-ring (bicyclic) bond motifs is 1. The van der Waals surface area contributed by atoms with E-state index in [1.54, 1.807) is 11.3 Å². The molecule has 1 N–H and O–H groups in total. The molecule has 1 aliphatic rings. The molecule has 0 aliphatic heterocycles. The van der Waals surface area contributed by atoms with Crippen LogP contribution in [0.5, 0.6) is 0 Å². The highest BCUT2D eigenvalue weighted by atomic mass is 35.5. The van der Waals surface area contributed by atoms with Crippen LogP contribution in [-0.4, -0.2) is 17.3 Å². The third-order valence-corrected chi connectivity index (χ3v) is 4.91. The molecule has 0 saturated carbocycles. The van der Waals surface area contributed by atoms with Crippen molar-refractivity contribution < 1.29 is 4.79 Å². The Labute approximate surface area is 111 Å². The fourth-order valence-electron chi connectivity index (χ4n) is 2.00. The molecule has 0 atom stereocenters. The van der Waals surface area contributed by atoms with Crippen molar-refractivity contribution in [3.63, 3.8) is 0 Å². The summed E-state index contributed by atoms with van der Waals surface area (Å²) in [6.45, 7) is 3.87. The predicted octanol–water partition coefficient (Wildman–Crippen LogP) is 3.37. The van der Waals surface area contributed by atoms with Crippen LogP contribution in [0.25, 0.3) is 0 Å². The number of hydrogen-bond acceptors (Lipinski definition) is 2. The van der Waals surface area contributed by atoms with Crippen molar-refractivity contribution in [1.82, 2.24) is 5.32 Å². The third-order valence-electron chi connectivity index (χ3n) is 3.01. The highest BCUT2D eigenvalue weighted by Gasteiger charge is 2.22. The third kappa shape index (κ3) is 3.02. The molecule has 1 aromatic rings. The van der Waals surface area contributed by atoms with Crippen molar-refractivity contribution in [3.8, 4) is 0 Å². The zero-order valence-corrected chi connectivity index (χ0v) is 11.9. The normalized spacial score (nSPS) is 15.5. The molecular formula is C13H18ClNOS. The van der Waals surface area contributed by atoms with E-state index in [2.05, 4.69) is 11.4 Å². The molecule has 2 rings (SSSR count). The first-order valence-electron chi connectivity index (χ1n) is 6.02. The van der Waals surface area contributed by atoms with Crippen LogP contribution in [0.3, 0.4) is 0 Å². The second-order valence-corrected chi connectivity index (χ2v) is 6.64. The highest BCUT2D eigenvalue weighted by Crippen LogP contribution is 2.29. The van der Waals surface area contributed by atoms with Gasteiger partial charge in [-0.1, -0.05) is 0 Å². The van der Waals surface area contributed by atoms with E-state index in [1.807, 2.05) is 13.8 Å². The van der Waals surface area contributed by atoms with Crippen LogP contribution in [0, 0.1) is 0 Å². The maximum absolute atomic E-state index is 12.1. The maximum atomic E-state index is 12.1. The van der Waals surface area contributed by atoms with Crippen LogP contribution in [0.15, 0.2) is 6.07 Å². The average Bonchev–Trinajstić information content (AvgIpc) is 2.72. The Balaban J connectivity index is 2.12. The molecule has 4 heteroatoms. The van der Waals surface area contributed by atoms with Crippen molar-refractivity contribution in [2.45, 2.75) is 45.1 Å². The largest absolute Gasteiger partial charge is 0.345 e. The van der Waals surface area contributed by atoms with Crippen molar-refractivity contribution in [2.24, 2.45) is 0 Å². The number of nitrogens with one attached hydrogen (secondary N) is 1. The molecule has 17 heavy (non-hydrogen) atoms. The standard InChI is InChI=1S/C13H18ClNOS/c1-13(2,8-14)15-12(16)11-7-9-5-3-4-6-10(9)17-11/h7H,3-6,8H2,1-2H3,(H,15,16). The van der Waals surface area contributed by atoms with Crippen LogP contribution in [-0.2, 0) is 12.8 Å². The minimum atomic E-state index is -0.344. The molecule has 0 bridgehead atoms. The van der Waals surface area contributed by atoms with Gasteiger partial charge >= 0.3 is 0 Å². The summed E-state index contributed by atoms with van der Waals surface area (Å²) < 4.78 is 0. The molecule has 1 heterocycles. The van der Waals surface area contributed by atoms with E-state index in [1.165, 1.54) is 23.3 Å². The van der Waals surface area contributed by atoms with Crippen LogP contribution in [0.2, 0.25) is 0 Å². The van der Waals surface area contributed by atoms with E-state index in [4.69, 9.17) is 11.6 Å². The number of rotatable bonds is 3. The molecule has 0 radical (unpaired) electrons. The first-order chi connectivity index (χ1) is 8.02. The SMILES string of the molecule is CC(C)(CCl)NC(=O)c1cc2c(s1)CCCC2. The fourth-order valence-corrected chi connectivity index (χ4v) is 3.22.